The van der Waals surface area contributed by atoms with E-state index >= 15 is 0 Å². The molecular formula is C15H17F3N6O. The first kappa shape index (κ1) is 18.6. The fraction of sp³-hybridized carbons (Fsp3) is 0.400. The Morgan fingerprint density at radius 2 is 1.88 bits per heavy atom. The molecule has 2 aromatic rings. The van der Waals surface area contributed by atoms with Crippen molar-refractivity contribution in [1.29, 1.82) is 0 Å². The number of anilines is 1. The van der Waals surface area contributed by atoms with Gasteiger partial charge in [-0.25, -0.2) is 19.9 Å². The van der Waals surface area contributed by atoms with Gasteiger partial charge in [0.25, 0.3) is 5.91 Å². The van der Waals surface area contributed by atoms with Crippen molar-refractivity contribution in [2.24, 2.45) is 0 Å². The number of aryl methyl sites for hydroxylation is 2. The summed E-state index contributed by atoms with van der Waals surface area (Å²) in [5.74, 6) is -0.184. The molecule has 7 nitrogen and oxygen atoms in total. The molecule has 0 unspecified atom stereocenters. The van der Waals surface area contributed by atoms with E-state index in [0.29, 0.717) is 11.6 Å². The summed E-state index contributed by atoms with van der Waals surface area (Å²) in [4.78, 5) is 29.5. The second-order valence-corrected chi connectivity index (χ2v) is 5.55. The smallest absolute Gasteiger partial charge is 0.347 e. The predicted molar refractivity (Wildman–Crippen MR) is 84.0 cm³/mol. The van der Waals surface area contributed by atoms with Gasteiger partial charge in [0.05, 0.1) is 17.8 Å². The number of nitrogens with one attached hydrogen (secondary N) is 1. The molecule has 0 saturated carbocycles. The van der Waals surface area contributed by atoms with Gasteiger partial charge in [-0.1, -0.05) is 0 Å². The third-order valence-corrected chi connectivity index (χ3v) is 3.21. The molecule has 25 heavy (non-hydrogen) atoms. The molecule has 2 aromatic heterocycles. The first-order chi connectivity index (χ1) is 11.6. The van der Waals surface area contributed by atoms with Crippen molar-refractivity contribution in [2.45, 2.75) is 26.6 Å². The summed E-state index contributed by atoms with van der Waals surface area (Å²) in [6.07, 6.45) is -3.20. The van der Waals surface area contributed by atoms with Crippen molar-refractivity contribution in [1.82, 2.24) is 25.3 Å². The molecule has 1 N–H and O–H groups in total. The average Bonchev–Trinajstić information content (AvgIpc) is 2.51. The normalized spacial score (nSPS) is 11.3. The minimum Gasteiger partial charge on any atom is -0.347 e. The molecule has 2 rings (SSSR count). The van der Waals surface area contributed by atoms with Crippen molar-refractivity contribution in [2.75, 3.05) is 19.0 Å². The Balaban J connectivity index is 2.14. The van der Waals surface area contributed by atoms with Crippen LogP contribution in [0.2, 0.25) is 0 Å². The zero-order valence-corrected chi connectivity index (χ0v) is 14.1. The lowest BCUT2D eigenvalue weighted by atomic mass is 10.2. The number of halogens is 3. The lowest BCUT2D eigenvalue weighted by Crippen LogP contribution is -2.26. The van der Waals surface area contributed by atoms with Crippen LogP contribution in [0.5, 0.6) is 0 Å². The van der Waals surface area contributed by atoms with E-state index in [1.807, 2.05) is 0 Å². The van der Waals surface area contributed by atoms with Crippen molar-refractivity contribution in [3.05, 3.63) is 40.7 Å². The van der Waals surface area contributed by atoms with Gasteiger partial charge in [0, 0.05) is 26.0 Å². The Kier molecular flexibility index (Phi) is 5.19. The van der Waals surface area contributed by atoms with Crippen molar-refractivity contribution < 1.29 is 18.0 Å². The third-order valence-electron chi connectivity index (χ3n) is 3.21. The number of hydrogen-bond donors (Lipinski definition) is 1. The maximum absolute atomic E-state index is 12.8. The van der Waals surface area contributed by atoms with E-state index in [-0.39, 0.29) is 23.6 Å². The fourth-order valence-electron chi connectivity index (χ4n) is 2.00. The van der Waals surface area contributed by atoms with Gasteiger partial charge in [-0.05, 0) is 19.9 Å². The molecule has 0 saturated heterocycles. The Hall–Kier alpha value is -2.78. The Morgan fingerprint density at radius 3 is 2.44 bits per heavy atom. The first-order valence-corrected chi connectivity index (χ1v) is 7.29. The largest absolute Gasteiger partial charge is 0.433 e. The number of nitrogens with zero attached hydrogens (tertiary/aromatic N) is 5. The number of rotatable bonds is 4. The predicted octanol–water partition coefficient (Wildman–Crippen LogP) is 1.90. The molecule has 1 amide bonds. The SMILES string of the molecule is Cc1cc(C(F)(F)F)nc(CNC(=O)c2cnc(N(C)C)nc2C)n1. The van der Waals surface area contributed by atoms with E-state index in [9.17, 15) is 18.0 Å². The molecule has 0 spiro atoms. The van der Waals surface area contributed by atoms with Crippen LogP contribution in [0.3, 0.4) is 0 Å². The molecule has 0 aliphatic rings. The number of aromatic nitrogens is 4. The highest BCUT2D eigenvalue weighted by atomic mass is 19.4. The van der Waals surface area contributed by atoms with E-state index in [0.717, 1.165) is 6.07 Å². The molecule has 0 radical (unpaired) electrons. The number of amides is 1. The maximum atomic E-state index is 12.8. The maximum Gasteiger partial charge on any atom is 0.433 e. The molecule has 0 aliphatic heterocycles. The van der Waals surface area contributed by atoms with Gasteiger partial charge in [-0.15, -0.1) is 0 Å². The van der Waals surface area contributed by atoms with Crippen LogP contribution in [0, 0.1) is 13.8 Å². The summed E-state index contributed by atoms with van der Waals surface area (Å²) >= 11 is 0. The molecule has 0 aromatic carbocycles. The highest BCUT2D eigenvalue weighted by Crippen LogP contribution is 2.27. The van der Waals surface area contributed by atoms with E-state index in [1.165, 1.54) is 13.1 Å². The van der Waals surface area contributed by atoms with Gasteiger partial charge in [0.15, 0.2) is 0 Å². The summed E-state index contributed by atoms with van der Waals surface area (Å²) in [6, 6.07) is 0.850. The average molecular weight is 354 g/mol. The Morgan fingerprint density at radius 1 is 1.20 bits per heavy atom. The van der Waals surface area contributed by atoms with E-state index in [4.69, 9.17) is 0 Å². The molecule has 0 bridgehead atoms. The van der Waals surface area contributed by atoms with Gasteiger partial charge in [-0.2, -0.15) is 13.2 Å². The van der Waals surface area contributed by atoms with Crippen LogP contribution in [-0.4, -0.2) is 39.9 Å². The number of alkyl halides is 3. The van der Waals surface area contributed by atoms with E-state index < -0.39 is 17.8 Å². The molecule has 0 aliphatic carbocycles. The van der Waals surface area contributed by atoms with Crippen LogP contribution in [-0.2, 0) is 12.7 Å². The summed E-state index contributed by atoms with van der Waals surface area (Å²) in [5.41, 5.74) is -0.188. The Bertz CT molecular complexity index is 791. The topological polar surface area (TPSA) is 83.9 Å². The van der Waals surface area contributed by atoms with Crippen molar-refractivity contribution >= 4 is 11.9 Å². The van der Waals surface area contributed by atoms with Crippen molar-refractivity contribution in [3.63, 3.8) is 0 Å². The highest BCUT2D eigenvalue weighted by Gasteiger charge is 2.33. The second kappa shape index (κ2) is 6.99. The van der Waals surface area contributed by atoms with Crippen LogP contribution < -0.4 is 10.2 Å². The quantitative estimate of drug-likeness (QED) is 0.903. The summed E-state index contributed by atoms with van der Waals surface area (Å²) in [5, 5.41) is 2.49. The Labute approximate surface area is 142 Å². The molecule has 10 heteroatoms. The first-order valence-electron chi connectivity index (χ1n) is 7.29. The standard InChI is InChI=1S/C15H17F3N6O/c1-8-5-11(15(16,17)18)23-12(21-8)7-19-13(25)10-6-20-14(24(3)4)22-9(10)2/h5-6H,7H2,1-4H3,(H,19,25). The van der Waals surface area contributed by atoms with Gasteiger partial charge in [0.1, 0.15) is 11.5 Å². The molecule has 134 valence electrons. The molecule has 0 fully saturated rings. The van der Waals surface area contributed by atoms with Crippen LogP contribution in [0.1, 0.15) is 33.3 Å². The van der Waals surface area contributed by atoms with Gasteiger partial charge < -0.3 is 10.2 Å². The summed E-state index contributed by atoms with van der Waals surface area (Å²) in [7, 11) is 3.53. The third kappa shape index (κ3) is 4.61. The summed E-state index contributed by atoms with van der Waals surface area (Å²) < 4.78 is 38.3. The van der Waals surface area contributed by atoms with Crippen LogP contribution in [0.15, 0.2) is 12.3 Å². The molecule has 2 heterocycles. The summed E-state index contributed by atoms with van der Waals surface area (Å²) in [6.45, 7) is 2.84. The zero-order valence-electron chi connectivity index (χ0n) is 14.1. The van der Waals surface area contributed by atoms with Gasteiger partial charge in [-0.3, -0.25) is 4.79 Å². The minimum atomic E-state index is -4.57. The van der Waals surface area contributed by atoms with Crippen LogP contribution in [0.25, 0.3) is 0 Å². The minimum absolute atomic E-state index is 0.121. The number of carbonyl (C=O) groups is 1. The van der Waals surface area contributed by atoms with E-state index in [1.54, 1.807) is 25.9 Å². The van der Waals surface area contributed by atoms with Gasteiger partial charge in [0.2, 0.25) is 5.95 Å². The zero-order chi connectivity index (χ0) is 18.8. The fourth-order valence-corrected chi connectivity index (χ4v) is 2.00. The second-order valence-electron chi connectivity index (χ2n) is 5.55. The van der Waals surface area contributed by atoms with Gasteiger partial charge >= 0.3 is 6.18 Å². The van der Waals surface area contributed by atoms with Crippen LogP contribution >= 0.6 is 0 Å². The lowest BCUT2D eigenvalue weighted by molar-refractivity contribution is -0.141. The molecule has 0 atom stereocenters. The lowest BCUT2D eigenvalue weighted by Gasteiger charge is -2.12. The number of hydrogen-bond acceptors (Lipinski definition) is 6. The molecular weight excluding hydrogens is 337 g/mol. The van der Waals surface area contributed by atoms with E-state index in [2.05, 4.69) is 25.3 Å². The number of carbonyl (C=O) groups excluding carboxylic acids is 1. The van der Waals surface area contributed by atoms with Crippen molar-refractivity contribution in [3.8, 4) is 0 Å². The van der Waals surface area contributed by atoms with Crippen LogP contribution in [0.4, 0.5) is 19.1 Å². The highest BCUT2D eigenvalue weighted by molar-refractivity contribution is 5.94. The monoisotopic (exact) mass is 354 g/mol.